The number of hydrogen-bond donors (Lipinski definition) is 1. The molecule has 0 spiro atoms. The van der Waals surface area contributed by atoms with E-state index in [4.69, 9.17) is 12.2 Å². The van der Waals surface area contributed by atoms with E-state index in [-0.39, 0.29) is 11.3 Å². The predicted octanol–water partition coefficient (Wildman–Crippen LogP) is 2.16. The Bertz CT molecular complexity index is 318. The molecule has 1 heterocycles. The van der Waals surface area contributed by atoms with E-state index < -0.39 is 6.43 Å². The van der Waals surface area contributed by atoms with Crippen LogP contribution in [0.1, 0.15) is 19.2 Å². The van der Waals surface area contributed by atoms with E-state index in [1.807, 2.05) is 6.92 Å². The maximum atomic E-state index is 12.1. The van der Waals surface area contributed by atoms with Crippen molar-refractivity contribution in [3.05, 3.63) is 10.6 Å². The highest BCUT2D eigenvalue weighted by molar-refractivity contribution is 7.71. The maximum Gasteiger partial charge on any atom is 0.256 e. The van der Waals surface area contributed by atoms with Crippen molar-refractivity contribution in [2.24, 2.45) is 0 Å². The summed E-state index contributed by atoms with van der Waals surface area (Å²) in [5.74, 6) is 0.604. The molecule has 0 atom stereocenters. The fraction of sp³-hybridized carbons (Fsp3) is 0.714. The molecule has 0 aliphatic rings. The van der Waals surface area contributed by atoms with Gasteiger partial charge in [0.1, 0.15) is 5.82 Å². The Morgan fingerprint density at radius 1 is 1.62 bits per heavy atom. The van der Waals surface area contributed by atoms with E-state index >= 15 is 0 Å². The molecule has 0 unspecified atom stereocenters. The van der Waals surface area contributed by atoms with Crippen molar-refractivity contribution in [2.45, 2.75) is 32.7 Å². The van der Waals surface area contributed by atoms with Gasteiger partial charge in [0.2, 0.25) is 0 Å². The lowest BCUT2D eigenvalue weighted by Crippen LogP contribution is -2.10. The van der Waals surface area contributed by atoms with Gasteiger partial charge in [-0.1, -0.05) is 6.92 Å². The van der Waals surface area contributed by atoms with Crippen LogP contribution in [0.3, 0.4) is 0 Å². The van der Waals surface area contributed by atoms with Gasteiger partial charge in [0.25, 0.3) is 6.43 Å². The second-order valence-electron chi connectivity index (χ2n) is 2.70. The number of alkyl halides is 2. The third kappa shape index (κ3) is 2.58. The summed E-state index contributed by atoms with van der Waals surface area (Å²) in [4.78, 5) is 0. The van der Waals surface area contributed by atoms with Crippen LogP contribution in [0.4, 0.5) is 8.78 Å². The van der Waals surface area contributed by atoms with Gasteiger partial charge in [0.15, 0.2) is 4.77 Å². The van der Waals surface area contributed by atoms with Gasteiger partial charge in [-0.25, -0.2) is 8.78 Å². The first kappa shape index (κ1) is 10.3. The number of aromatic amines is 1. The van der Waals surface area contributed by atoms with E-state index in [1.165, 1.54) is 4.57 Å². The van der Waals surface area contributed by atoms with E-state index in [1.54, 1.807) is 0 Å². The molecule has 13 heavy (non-hydrogen) atoms. The smallest absolute Gasteiger partial charge is 0.256 e. The van der Waals surface area contributed by atoms with Crippen LogP contribution in [0.5, 0.6) is 0 Å². The fourth-order valence-corrected chi connectivity index (χ4v) is 1.32. The molecule has 1 aromatic rings. The van der Waals surface area contributed by atoms with E-state index in [2.05, 4.69) is 10.2 Å². The molecule has 6 heteroatoms. The molecule has 1 N–H and O–H groups in total. The highest BCUT2D eigenvalue weighted by atomic mass is 32.1. The van der Waals surface area contributed by atoms with Crippen LogP contribution in [0, 0.1) is 4.77 Å². The van der Waals surface area contributed by atoms with Crippen LogP contribution in [0.2, 0.25) is 0 Å². The Kier molecular flexibility index (Phi) is 3.53. The standard InChI is InChI=1S/C7H11F2N3S/c1-2-3-6-10-11-7(13)12(6)4-5(8)9/h5H,2-4H2,1H3,(H,11,13). The van der Waals surface area contributed by atoms with Gasteiger partial charge in [0.05, 0.1) is 6.54 Å². The van der Waals surface area contributed by atoms with Gasteiger partial charge >= 0.3 is 0 Å². The van der Waals surface area contributed by atoms with Crippen LogP contribution in [-0.4, -0.2) is 21.2 Å². The molecule has 0 aliphatic carbocycles. The minimum atomic E-state index is -2.39. The molecular weight excluding hydrogens is 196 g/mol. The summed E-state index contributed by atoms with van der Waals surface area (Å²) in [5, 5.41) is 6.38. The number of aromatic nitrogens is 3. The van der Waals surface area contributed by atoms with Crippen molar-refractivity contribution in [2.75, 3.05) is 0 Å². The summed E-state index contributed by atoms with van der Waals surface area (Å²) in [7, 11) is 0. The lowest BCUT2D eigenvalue weighted by atomic mass is 10.3. The number of nitrogens with one attached hydrogen (secondary N) is 1. The zero-order valence-electron chi connectivity index (χ0n) is 7.26. The molecule has 0 bridgehead atoms. The molecule has 74 valence electrons. The molecule has 0 radical (unpaired) electrons. The third-order valence-electron chi connectivity index (χ3n) is 1.63. The predicted molar refractivity (Wildman–Crippen MR) is 47.4 cm³/mol. The van der Waals surface area contributed by atoms with E-state index in [9.17, 15) is 8.78 Å². The number of aryl methyl sites for hydroxylation is 1. The van der Waals surface area contributed by atoms with Crippen LogP contribution >= 0.6 is 12.2 Å². The second-order valence-corrected chi connectivity index (χ2v) is 3.08. The molecule has 0 aliphatic heterocycles. The highest BCUT2D eigenvalue weighted by Crippen LogP contribution is 2.05. The molecule has 0 fully saturated rings. The van der Waals surface area contributed by atoms with Crippen molar-refractivity contribution in [1.82, 2.24) is 14.8 Å². The van der Waals surface area contributed by atoms with E-state index in [0.717, 1.165) is 6.42 Å². The first-order valence-electron chi connectivity index (χ1n) is 4.07. The number of rotatable bonds is 4. The van der Waals surface area contributed by atoms with Gasteiger partial charge in [-0.05, 0) is 18.6 Å². The molecule has 0 saturated carbocycles. The van der Waals surface area contributed by atoms with Gasteiger partial charge < -0.3 is 0 Å². The Balaban J connectivity index is 2.88. The number of hydrogen-bond acceptors (Lipinski definition) is 2. The average Bonchev–Trinajstić information content (AvgIpc) is 2.36. The molecule has 1 aromatic heterocycles. The van der Waals surface area contributed by atoms with E-state index in [0.29, 0.717) is 12.2 Å². The minimum Gasteiger partial charge on any atom is -0.298 e. The zero-order chi connectivity index (χ0) is 9.84. The summed E-state index contributed by atoms with van der Waals surface area (Å²) in [6.45, 7) is 1.59. The monoisotopic (exact) mass is 207 g/mol. The minimum absolute atomic E-state index is 0.267. The van der Waals surface area contributed by atoms with Gasteiger partial charge in [-0.15, -0.1) is 0 Å². The van der Waals surface area contributed by atoms with Crippen LogP contribution in [0.15, 0.2) is 0 Å². The molecular formula is C7H11F2N3S. The number of halogens is 2. The lowest BCUT2D eigenvalue weighted by Gasteiger charge is -2.03. The quantitative estimate of drug-likeness (QED) is 0.767. The second kappa shape index (κ2) is 4.45. The molecule has 0 aromatic carbocycles. The highest BCUT2D eigenvalue weighted by Gasteiger charge is 2.10. The summed E-state index contributed by atoms with van der Waals surface area (Å²) in [5.41, 5.74) is 0. The summed E-state index contributed by atoms with van der Waals surface area (Å²) >= 11 is 4.82. The van der Waals surface area contributed by atoms with Crippen LogP contribution < -0.4 is 0 Å². The Hall–Kier alpha value is -0.780. The maximum absolute atomic E-state index is 12.1. The Morgan fingerprint density at radius 2 is 2.31 bits per heavy atom. The normalized spacial score (nSPS) is 11.1. The van der Waals surface area contributed by atoms with Crippen molar-refractivity contribution in [1.29, 1.82) is 0 Å². The van der Waals surface area contributed by atoms with Crippen molar-refractivity contribution >= 4 is 12.2 Å². The summed E-state index contributed by atoms with van der Waals surface area (Å²) in [6.07, 6.45) is -0.858. The number of nitrogens with zero attached hydrogens (tertiary/aromatic N) is 2. The molecule has 0 saturated heterocycles. The topological polar surface area (TPSA) is 33.6 Å². The van der Waals surface area contributed by atoms with Crippen LogP contribution in [-0.2, 0) is 13.0 Å². The first-order valence-corrected chi connectivity index (χ1v) is 4.48. The van der Waals surface area contributed by atoms with Crippen LogP contribution in [0.25, 0.3) is 0 Å². The summed E-state index contributed by atoms with van der Waals surface area (Å²) in [6, 6.07) is 0. The van der Waals surface area contributed by atoms with Gasteiger partial charge in [-0.2, -0.15) is 5.10 Å². The largest absolute Gasteiger partial charge is 0.298 e. The third-order valence-corrected chi connectivity index (χ3v) is 1.94. The molecule has 0 amide bonds. The Labute approximate surface area is 79.8 Å². The first-order chi connectivity index (χ1) is 6.15. The van der Waals surface area contributed by atoms with Crippen molar-refractivity contribution in [3.8, 4) is 0 Å². The zero-order valence-corrected chi connectivity index (χ0v) is 8.07. The van der Waals surface area contributed by atoms with Gasteiger partial charge in [0, 0.05) is 6.42 Å². The molecule has 3 nitrogen and oxygen atoms in total. The fourth-order valence-electron chi connectivity index (χ4n) is 1.09. The van der Waals surface area contributed by atoms with Crippen molar-refractivity contribution < 1.29 is 8.78 Å². The Morgan fingerprint density at radius 3 is 2.85 bits per heavy atom. The van der Waals surface area contributed by atoms with Crippen molar-refractivity contribution in [3.63, 3.8) is 0 Å². The average molecular weight is 207 g/mol. The summed E-state index contributed by atoms with van der Waals surface area (Å²) < 4.78 is 25.8. The number of H-pyrrole nitrogens is 1. The van der Waals surface area contributed by atoms with Gasteiger partial charge in [-0.3, -0.25) is 9.67 Å². The molecule has 1 rings (SSSR count). The SMILES string of the molecule is CCCc1n[nH]c(=S)n1CC(F)F. The lowest BCUT2D eigenvalue weighted by molar-refractivity contribution is 0.125.